The number of rotatable bonds is 6. The van der Waals surface area contributed by atoms with E-state index in [0.29, 0.717) is 12.0 Å². The van der Waals surface area contributed by atoms with Crippen molar-refractivity contribution < 1.29 is 14.8 Å². The zero-order valence-electron chi connectivity index (χ0n) is 9.77. The molecule has 90 valence electrons. The fraction of sp³-hybridized carbons (Fsp3) is 0.545. The van der Waals surface area contributed by atoms with Gasteiger partial charge in [-0.3, -0.25) is 14.9 Å². The van der Waals surface area contributed by atoms with Gasteiger partial charge in [0.2, 0.25) is 6.54 Å². The van der Waals surface area contributed by atoms with Gasteiger partial charge in [0.05, 0.1) is 5.41 Å². The van der Waals surface area contributed by atoms with Crippen LogP contribution >= 0.6 is 0 Å². The normalized spacial score (nSPS) is 13.1. The van der Waals surface area contributed by atoms with Crippen LogP contribution in [0.25, 0.3) is 0 Å². The molecule has 0 fully saturated rings. The lowest BCUT2D eigenvalue weighted by atomic mass is 9.83. The van der Waals surface area contributed by atoms with Crippen LogP contribution in [-0.4, -0.2) is 22.5 Å². The van der Waals surface area contributed by atoms with Crippen LogP contribution in [0.5, 0.6) is 0 Å². The van der Waals surface area contributed by atoms with E-state index >= 15 is 0 Å². The van der Waals surface area contributed by atoms with Crippen LogP contribution in [0.15, 0.2) is 23.8 Å². The largest absolute Gasteiger partial charge is 0.481 e. The Hall–Kier alpha value is -1.65. The highest BCUT2D eigenvalue weighted by Crippen LogP contribution is 2.27. The molecule has 1 N–H and O–H groups in total. The van der Waals surface area contributed by atoms with Crippen LogP contribution < -0.4 is 0 Å². The minimum Gasteiger partial charge on any atom is -0.481 e. The number of aliphatic carboxylic acids is 1. The average molecular weight is 227 g/mol. The highest BCUT2D eigenvalue weighted by molar-refractivity contribution is 5.78. The first-order valence-corrected chi connectivity index (χ1v) is 5.04. The van der Waals surface area contributed by atoms with E-state index in [-0.39, 0.29) is 6.54 Å². The molecule has 5 heteroatoms. The second-order valence-electron chi connectivity index (χ2n) is 3.92. The molecule has 16 heavy (non-hydrogen) atoms. The van der Waals surface area contributed by atoms with Gasteiger partial charge < -0.3 is 5.11 Å². The molecule has 0 saturated carbocycles. The number of hydrogen-bond donors (Lipinski definition) is 1. The molecule has 0 unspecified atom stereocenters. The van der Waals surface area contributed by atoms with E-state index in [9.17, 15) is 14.9 Å². The molecule has 0 aliphatic heterocycles. The van der Waals surface area contributed by atoms with Crippen LogP contribution in [0.4, 0.5) is 0 Å². The van der Waals surface area contributed by atoms with E-state index in [1.807, 2.05) is 6.92 Å². The molecule has 0 atom stereocenters. The summed E-state index contributed by atoms with van der Waals surface area (Å²) in [6.45, 7) is 4.75. The molecule has 0 aliphatic rings. The second kappa shape index (κ2) is 6.05. The lowest BCUT2D eigenvalue weighted by molar-refractivity contribution is -0.468. The van der Waals surface area contributed by atoms with Gasteiger partial charge in [0.1, 0.15) is 0 Å². The third-order valence-corrected chi connectivity index (χ3v) is 2.23. The minimum absolute atomic E-state index is 0.295. The van der Waals surface area contributed by atoms with Gasteiger partial charge >= 0.3 is 5.97 Å². The highest BCUT2D eigenvalue weighted by atomic mass is 16.6. The van der Waals surface area contributed by atoms with Crippen molar-refractivity contribution in [3.05, 3.63) is 33.9 Å². The molecule has 0 aromatic rings. The molecule has 0 saturated heterocycles. The Morgan fingerprint density at radius 1 is 1.50 bits per heavy atom. The Balaban J connectivity index is 4.90. The Morgan fingerprint density at radius 3 is 2.44 bits per heavy atom. The average Bonchev–Trinajstić information content (AvgIpc) is 2.15. The fourth-order valence-corrected chi connectivity index (χ4v) is 1.14. The van der Waals surface area contributed by atoms with Crippen molar-refractivity contribution in [3.63, 3.8) is 0 Å². The summed E-state index contributed by atoms with van der Waals surface area (Å²) in [7, 11) is 0. The SMILES string of the molecule is CC/C=C(\C=C/C[N+](=O)[O-])C(C)(C)C(=O)O. The topological polar surface area (TPSA) is 80.4 Å². The molecule has 0 amide bonds. The van der Waals surface area contributed by atoms with Gasteiger partial charge in [0, 0.05) is 4.92 Å². The predicted molar refractivity (Wildman–Crippen MR) is 60.8 cm³/mol. The number of carboxylic acid groups (broad SMARTS) is 1. The fourth-order valence-electron chi connectivity index (χ4n) is 1.14. The quantitative estimate of drug-likeness (QED) is 0.428. The molecule has 0 aromatic heterocycles. The smallest absolute Gasteiger partial charge is 0.313 e. The van der Waals surface area contributed by atoms with Crippen molar-refractivity contribution in [2.24, 2.45) is 5.41 Å². The Labute approximate surface area is 94.6 Å². The Bertz CT molecular complexity index is 329. The highest BCUT2D eigenvalue weighted by Gasteiger charge is 2.29. The van der Waals surface area contributed by atoms with Gasteiger partial charge in [0.25, 0.3) is 0 Å². The van der Waals surface area contributed by atoms with E-state index in [0.717, 1.165) is 0 Å². The first kappa shape index (κ1) is 14.3. The maximum Gasteiger partial charge on any atom is 0.313 e. The number of carbonyl (C=O) groups is 1. The van der Waals surface area contributed by atoms with Crippen LogP contribution in [-0.2, 0) is 4.79 Å². The third kappa shape index (κ3) is 4.25. The van der Waals surface area contributed by atoms with Crippen molar-refractivity contribution in [1.82, 2.24) is 0 Å². The van der Waals surface area contributed by atoms with Crippen molar-refractivity contribution in [2.45, 2.75) is 27.2 Å². The molecule has 0 aliphatic carbocycles. The van der Waals surface area contributed by atoms with Crippen LogP contribution in [0.2, 0.25) is 0 Å². The summed E-state index contributed by atoms with van der Waals surface area (Å²) >= 11 is 0. The summed E-state index contributed by atoms with van der Waals surface area (Å²) in [6, 6.07) is 0. The van der Waals surface area contributed by atoms with Crippen molar-refractivity contribution >= 4 is 5.97 Å². The first-order valence-electron chi connectivity index (χ1n) is 5.04. The maximum atomic E-state index is 11.0. The van der Waals surface area contributed by atoms with Gasteiger partial charge in [-0.2, -0.15) is 0 Å². The van der Waals surface area contributed by atoms with Gasteiger partial charge in [-0.25, -0.2) is 0 Å². The summed E-state index contributed by atoms with van der Waals surface area (Å²) < 4.78 is 0. The van der Waals surface area contributed by atoms with E-state index in [2.05, 4.69) is 0 Å². The number of nitrogens with zero attached hydrogens (tertiary/aromatic N) is 1. The van der Waals surface area contributed by atoms with E-state index in [4.69, 9.17) is 5.11 Å². The van der Waals surface area contributed by atoms with E-state index in [1.54, 1.807) is 19.9 Å². The van der Waals surface area contributed by atoms with Crippen molar-refractivity contribution in [2.75, 3.05) is 6.54 Å². The molecular formula is C11H17NO4. The number of allylic oxidation sites excluding steroid dienone is 2. The van der Waals surface area contributed by atoms with Crippen LogP contribution in [0.1, 0.15) is 27.2 Å². The van der Waals surface area contributed by atoms with Gasteiger partial charge in [-0.1, -0.05) is 19.1 Å². The molecule has 0 bridgehead atoms. The summed E-state index contributed by atoms with van der Waals surface area (Å²) in [4.78, 5) is 20.7. The van der Waals surface area contributed by atoms with Crippen LogP contribution in [0.3, 0.4) is 0 Å². The lowest BCUT2D eigenvalue weighted by Gasteiger charge is -2.20. The Kier molecular flexibility index (Phi) is 5.42. The standard InChI is InChI=1S/C11H17NO4/c1-4-6-9(7-5-8-12(15)16)11(2,3)10(13)14/h5-7H,4,8H2,1-3H3,(H,13,14)/b7-5-,9-6+. The summed E-state index contributed by atoms with van der Waals surface area (Å²) in [6.07, 6.45) is 5.34. The summed E-state index contributed by atoms with van der Waals surface area (Å²) in [5.41, 5.74) is -0.437. The summed E-state index contributed by atoms with van der Waals surface area (Å²) in [5.74, 6) is -0.946. The molecule has 0 radical (unpaired) electrons. The first-order chi connectivity index (χ1) is 7.32. The monoisotopic (exact) mass is 227 g/mol. The number of carboxylic acids is 1. The molecule has 5 nitrogen and oxygen atoms in total. The summed E-state index contributed by atoms with van der Waals surface area (Å²) in [5, 5.41) is 19.2. The lowest BCUT2D eigenvalue weighted by Crippen LogP contribution is -2.25. The van der Waals surface area contributed by atoms with Crippen molar-refractivity contribution in [3.8, 4) is 0 Å². The number of nitro groups is 1. The molecule has 0 rings (SSSR count). The van der Waals surface area contributed by atoms with Crippen molar-refractivity contribution in [1.29, 1.82) is 0 Å². The zero-order valence-corrected chi connectivity index (χ0v) is 9.77. The van der Waals surface area contributed by atoms with E-state index < -0.39 is 16.3 Å². The zero-order chi connectivity index (χ0) is 12.8. The molecule has 0 heterocycles. The maximum absolute atomic E-state index is 11.0. The molecule has 0 aromatic carbocycles. The van der Waals surface area contributed by atoms with Gasteiger partial charge in [-0.05, 0) is 31.9 Å². The molecule has 0 spiro atoms. The Morgan fingerprint density at radius 2 is 2.06 bits per heavy atom. The molecular weight excluding hydrogens is 210 g/mol. The van der Waals surface area contributed by atoms with Gasteiger partial charge in [0.15, 0.2) is 0 Å². The minimum atomic E-state index is -1.02. The third-order valence-electron chi connectivity index (χ3n) is 2.23. The van der Waals surface area contributed by atoms with E-state index in [1.165, 1.54) is 12.2 Å². The predicted octanol–water partition coefficient (Wildman–Crippen LogP) is 2.27. The second-order valence-corrected chi connectivity index (χ2v) is 3.92. The van der Waals surface area contributed by atoms with Crippen LogP contribution in [0, 0.1) is 15.5 Å². The van der Waals surface area contributed by atoms with Gasteiger partial charge in [-0.15, -0.1) is 0 Å². The number of hydrogen-bond acceptors (Lipinski definition) is 3.